The molecule has 0 aromatic heterocycles. The number of aliphatic hydroxyl groups excluding tert-OH is 2. The first-order chi connectivity index (χ1) is 12.3. The van der Waals surface area contributed by atoms with Gasteiger partial charge in [0.15, 0.2) is 0 Å². The number of aliphatic hydroxyl groups is 3. The lowest BCUT2D eigenvalue weighted by Crippen LogP contribution is -2.68. The predicted molar refractivity (Wildman–Crippen MR) is 104 cm³/mol. The van der Waals surface area contributed by atoms with Crippen LogP contribution in [0.2, 0.25) is 0 Å². The molecule has 4 fully saturated rings. The second kappa shape index (κ2) is 6.46. The van der Waals surface area contributed by atoms with Crippen LogP contribution in [0.4, 0.5) is 0 Å². The van der Waals surface area contributed by atoms with Crippen molar-refractivity contribution in [1.29, 1.82) is 0 Å². The van der Waals surface area contributed by atoms with Crippen LogP contribution in [0, 0.1) is 34.5 Å². The number of unbranched alkanes of at least 4 members (excludes halogenated alkanes) is 1. The van der Waals surface area contributed by atoms with Gasteiger partial charge in [-0.3, -0.25) is 0 Å². The van der Waals surface area contributed by atoms with Gasteiger partial charge in [-0.15, -0.1) is 0 Å². The fourth-order valence-corrected chi connectivity index (χ4v) is 8.29. The Morgan fingerprint density at radius 2 is 1.73 bits per heavy atom. The molecule has 0 bridgehead atoms. The molecule has 4 saturated carbocycles. The van der Waals surface area contributed by atoms with E-state index in [2.05, 4.69) is 20.8 Å². The van der Waals surface area contributed by atoms with Crippen LogP contribution in [0.25, 0.3) is 0 Å². The lowest BCUT2D eigenvalue weighted by molar-refractivity contribution is -0.264. The quantitative estimate of drug-likeness (QED) is 0.700. The molecule has 0 heterocycles. The van der Waals surface area contributed by atoms with Gasteiger partial charge < -0.3 is 15.3 Å². The van der Waals surface area contributed by atoms with E-state index < -0.39 is 17.8 Å². The molecule has 2 unspecified atom stereocenters. The van der Waals surface area contributed by atoms with Crippen molar-refractivity contribution in [3.8, 4) is 0 Å². The first-order valence-corrected chi connectivity index (χ1v) is 11.3. The minimum atomic E-state index is -1.10. The fourth-order valence-electron chi connectivity index (χ4n) is 8.29. The zero-order valence-corrected chi connectivity index (χ0v) is 17.1. The van der Waals surface area contributed by atoms with Crippen molar-refractivity contribution in [3.05, 3.63) is 0 Å². The molecule has 0 aromatic carbocycles. The molecule has 4 aliphatic rings. The van der Waals surface area contributed by atoms with Crippen molar-refractivity contribution < 1.29 is 15.3 Å². The standard InChI is InChI=1S/C23H40O3/c1-4-5-6-15-7-8-18-17-13-20(25)23(26)14-16(24)9-12-22(23,3)19(17)10-11-21(15,18)2/h15-20,24-26H,4-14H2,1-3H3/t15?,16-,17-,18-,19-,20+,21+,22+,23?/m0/s1. The van der Waals surface area contributed by atoms with Gasteiger partial charge in [0.1, 0.15) is 0 Å². The van der Waals surface area contributed by atoms with Crippen LogP contribution >= 0.6 is 0 Å². The van der Waals surface area contributed by atoms with Crippen molar-refractivity contribution in [2.75, 3.05) is 0 Å². The first-order valence-electron chi connectivity index (χ1n) is 11.3. The molecule has 150 valence electrons. The highest BCUT2D eigenvalue weighted by molar-refractivity contribution is 5.16. The van der Waals surface area contributed by atoms with Gasteiger partial charge in [0.05, 0.1) is 17.8 Å². The van der Waals surface area contributed by atoms with Gasteiger partial charge in [0.25, 0.3) is 0 Å². The molecular formula is C23H40O3. The van der Waals surface area contributed by atoms with Crippen LogP contribution in [0.15, 0.2) is 0 Å². The Hall–Kier alpha value is -0.120. The highest BCUT2D eigenvalue weighted by Gasteiger charge is 2.67. The number of fused-ring (bicyclic) bond motifs is 5. The fraction of sp³-hybridized carbons (Fsp3) is 1.00. The molecule has 3 nitrogen and oxygen atoms in total. The lowest BCUT2D eigenvalue weighted by atomic mass is 9.42. The third-order valence-electron chi connectivity index (χ3n) is 9.94. The molecule has 3 heteroatoms. The lowest BCUT2D eigenvalue weighted by Gasteiger charge is -2.65. The van der Waals surface area contributed by atoms with Gasteiger partial charge in [0, 0.05) is 11.8 Å². The van der Waals surface area contributed by atoms with E-state index in [0.717, 1.165) is 25.2 Å². The average molecular weight is 365 g/mol. The molecule has 9 atom stereocenters. The summed E-state index contributed by atoms with van der Waals surface area (Å²) >= 11 is 0. The molecule has 3 N–H and O–H groups in total. The van der Waals surface area contributed by atoms with Crippen LogP contribution in [0.3, 0.4) is 0 Å². The maximum atomic E-state index is 11.5. The average Bonchev–Trinajstić information content (AvgIpc) is 2.93. The SMILES string of the molecule is CCCCC1CC[C@H]2[C@@H]3C[C@@H](O)C4(O)C[C@@H](O)CC[C@]4(C)[C@H]3CC[C@]12C. The summed E-state index contributed by atoms with van der Waals surface area (Å²) in [5.74, 6) is 2.63. The van der Waals surface area contributed by atoms with Crippen molar-refractivity contribution in [2.45, 2.75) is 109 Å². The Morgan fingerprint density at radius 3 is 2.46 bits per heavy atom. The second-order valence-electron chi connectivity index (χ2n) is 10.8. The molecule has 0 aromatic rings. The van der Waals surface area contributed by atoms with Crippen molar-refractivity contribution in [1.82, 2.24) is 0 Å². The van der Waals surface area contributed by atoms with Gasteiger partial charge in [-0.1, -0.05) is 33.6 Å². The maximum absolute atomic E-state index is 11.5. The van der Waals surface area contributed by atoms with Crippen LogP contribution in [0.5, 0.6) is 0 Å². The summed E-state index contributed by atoms with van der Waals surface area (Å²) in [6.45, 7) is 7.06. The monoisotopic (exact) mass is 364 g/mol. The smallest absolute Gasteiger partial charge is 0.0985 e. The van der Waals surface area contributed by atoms with Gasteiger partial charge >= 0.3 is 0 Å². The van der Waals surface area contributed by atoms with Crippen LogP contribution in [0.1, 0.15) is 91.4 Å². The van der Waals surface area contributed by atoms with E-state index in [1.807, 2.05) is 0 Å². The minimum absolute atomic E-state index is 0.239. The van der Waals surface area contributed by atoms with Crippen LogP contribution in [-0.2, 0) is 0 Å². The van der Waals surface area contributed by atoms with Gasteiger partial charge in [-0.25, -0.2) is 0 Å². The highest BCUT2D eigenvalue weighted by atomic mass is 16.3. The highest BCUT2D eigenvalue weighted by Crippen LogP contribution is 2.68. The summed E-state index contributed by atoms with van der Waals surface area (Å²) in [5.41, 5.74) is -0.896. The summed E-state index contributed by atoms with van der Waals surface area (Å²) < 4.78 is 0. The van der Waals surface area contributed by atoms with E-state index in [9.17, 15) is 15.3 Å². The van der Waals surface area contributed by atoms with E-state index in [4.69, 9.17) is 0 Å². The van der Waals surface area contributed by atoms with Crippen molar-refractivity contribution in [3.63, 3.8) is 0 Å². The van der Waals surface area contributed by atoms with Gasteiger partial charge in [0.2, 0.25) is 0 Å². The molecule has 4 rings (SSSR count). The normalized spacial score (nSPS) is 56.5. The molecule has 0 radical (unpaired) electrons. The van der Waals surface area contributed by atoms with Crippen molar-refractivity contribution in [2.24, 2.45) is 34.5 Å². The maximum Gasteiger partial charge on any atom is 0.0985 e. The number of hydrogen-bond acceptors (Lipinski definition) is 3. The Labute approximate surface area is 159 Å². The Balaban J connectivity index is 1.62. The van der Waals surface area contributed by atoms with E-state index >= 15 is 0 Å². The largest absolute Gasteiger partial charge is 0.393 e. The zero-order chi connectivity index (χ0) is 18.7. The van der Waals surface area contributed by atoms with E-state index in [1.165, 1.54) is 44.9 Å². The predicted octanol–water partition coefficient (Wildman–Crippen LogP) is 4.28. The molecule has 0 amide bonds. The minimum Gasteiger partial charge on any atom is -0.393 e. The number of hydrogen-bond donors (Lipinski definition) is 3. The van der Waals surface area contributed by atoms with E-state index in [-0.39, 0.29) is 5.41 Å². The second-order valence-corrected chi connectivity index (χ2v) is 10.8. The molecule has 0 saturated heterocycles. The van der Waals surface area contributed by atoms with Crippen molar-refractivity contribution >= 4 is 0 Å². The summed E-state index contributed by atoms with van der Waals surface area (Å²) in [6, 6.07) is 0. The Morgan fingerprint density at radius 1 is 0.962 bits per heavy atom. The molecule has 26 heavy (non-hydrogen) atoms. The molecule has 0 spiro atoms. The molecule has 4 aliphatic carbocycles. The molecule has 0 aliphatic heterocycles. The van der Waals surface area contributed by atoms with E-state index in [1.54, 1.807) is 0 Å². The van der Waals surface area contributed by atoms with Crippen LogP contribution < -0.4 is 0 Å². The Bertz CT molecular complexity index is 536. The van der Waals surface area contributed by atoms with Gasteiger partial charge in [-0.2, -0.15) is 0 Å². The van der Waals surface area contributed by atoms with Crippen LogP contribution in [-0.4, -0.2) is 33.1 Å². The topological polar surface area (TPSA) is 60.7 Å². The number of rotatable bonds is 3. The summed E-state index contributed by atoms with van der Waals surface area (Å²) in [5, 5.41) is 32.7. The summed E-state index contributed by atoms with van der Waals surface area (Å²) in [7, 11) is 0. The third-order valence-corrected chi connectivity index (χ3v) is 9.94. The van der Waals surface area contributed by atoms with Gasteiger partial charge in [-0.05, 0) is 80.5 Å². The Kier molecular flexibility index (Phi) is 4.77. The zero-order valence-electron chi connectivity index (χ0n) is 17.1. The molecular weight excluding hydrogens is 324 g/mol. The van der Waals surface area contributed by atoms with E-state index in [0.29, 0.717) is 29.6 Å². The summed E-state index contributed by atoms with van der Waals surface area (Å²) in [6.07, 6.45) is 10.8. The summed E-state index contributed by atoms with van der Waals surface area (Å²) in [4.78, 5) is 0. The first kappa shape index (κ1) is 19.2. The third kappa shape index (κ3) is 2.49.